The maximum atomic E-state index is 10.1. The Bertz CT molecular complexity index is 464. The number of allylic oxidation sites excluding steroid dienone is 3. The van der Waals surface area contributed by atoms with Crippen LogP contribution >= 0.6 is 0 Å². The summed E-state index contributed by atoms with van der Waals surface area (Å²) in [7, 11) is 0. The predicted octanol–water partition coefficient (Wildman–Crippen LogP) is 5.00. The number of rotatable bonds is 4. The van der Waals surface area contributed by atoms with Gasteiger partial charge >= 0.3 is 5.97 Å². The summed E-state index contributed by atoms with van der Waals surface area (Å²) in [5.41, 5.74) is 1.20. The van der Waals surface area contributed by atoms with Gasteiger partial charge in [-0.3, -0.25) is 0 Å². The number of aliphatic hydroxyl groups excluding tert-OH is 1. The second kappa shape index (κ2) is 13.9. The Morgan fingerprint density at radius 1 is 1.10 bits per heavy atom. The molecule has 0 saturated carbocycles. The van der Waals surface area contributed by atoms with Crippen LogP contribution in [0.4, 0.5) is 0 Å². The molecule has 3 heteroatoms. The van der Waals surface area contributed by atoms with Crippen molar-refractivity contribution in [2.45, 2.75) is 20.3 Å². The van der Waals surface area contributed by atoms with Crippen LogP contribution in [-0.2, 0) is 4.79 Å². The lowest BCUT2D eigenvalue weighted by Gasteiger charge is -1.95. The van der Waals surface area contributed by atoms with E-state index in [4.69, 9.17) is 10.2 Å². The molecule has 0 aromatic heterocycles. The number of benzene rings is 1. The van der Waals surface area contributed by atoms with Gasteiger partial charge in [0.2, 0.25) is 0 Å². The molecule has 0 fully saturated rings. The summed E-state index contributed by atoms with van der Waals surface area (Å²) in [6.07, 6.45) is 5.48. The molecule has 0 aliphatic carbocycles. The van der Waals surface area contributed by atoms with Gasteiger partial charge in [0.05, 0.1) is 5.57 Å². The zero-order valence-electron chi connectivity index (χ0n) is 12.7. The fourth-order valence-electron chi connectivity index (χ4n) is 0.978. The van der Waals surface area contributed by atoms with Crippen molar-refractivity contribution >= 4 is 12.0 Å². The summed E-state index contributed by atoms with van der Waals surface area (Å²) in [5, 5.41) is 17.1. The summed E-state index contributed by atoms with van der Waals surface area (Å²) >= 11 is 0. The Morgan fingerprint density at radius 3 is 1.76 bits per heavy atom. The maximum absolute atomic E-state index is 10.1. The first-order chi connectivity index (χ1) is 9.94. The molecule has 0 bridgehead atoms. The lowest BCUT2D eigenvalue weighted by Crippen LogP contribution is -1.99. The molecule has 0 atom stereocenters. The maximum Gasteiger partial charge on any atom is 0.334 e. The highest BCUT2D eigenvalue weighted by molar-refractivity contribution is 5.86. The molecule has 2 N–H and O–H groups in total. The fourth-order valence-corrected chi connectivity index (χ4v) is 0.978. The van der Waals surface area contributed by atoms with E-state index < -0.39 is 5.97 Å². The Hall–Kier alpha value is -2.55. The summed E-state index contributed by atoms with van der Waals surface area (Å²) in [6, 6.07) is 10.0. The fraction of sp³-hybridized carbons (Fsp3) is 0.167. The summed E-state index contributed by atoms with van der Waals surface area (Å²) < 4.78 is 0. The van der Waals surface area contributed by atoms with E-state index in [1.807, 2.05) is 36.4 Å². The molecule has 1 aromatic carbocycles. The number of aliphatic carboxylic acids is 1. The average molecular weight is 288 g/mol. The van der Waals surface area contributed by atoms with Gasteiger partial charge in [0.25, 0.3) is 0 Å². The minimum atomic E-state index is -1.06. The number of aliphatic hydroxyl groups is 1. The molecule has 0 unspecified atom stereocenters. The first-order valence-electron chi connectivity index (χ1n) is 6.47. The lowest BCUT2D eigenvalue weighted by molar-refractivity contribution is -0.132. The van der Waals surface area contributed by atoms with Crippen molar-refractivity contribution in [2.75, 3.05) is 0 Å². The molecule has 3 nitrogen and oxygen atoms in total. The highest BCUT2D eigenvalue weighted by atomic mass is 16.4. The highest BCUT2D eigenvalue weighted by Gasteiger charge is 2.04. The van der Waals surface area contributed by atoms with Crippen LogP contribution in [0.2, 0.25) is 0 Å². The third kappa shape index (κ3) is 12.2. The van der Waals surface area contributed by atoms with E-state index in [-0.39, 0.29) is 11.3 Å². The molecular formula is C18H24O3. The molecule has 0 radical (unpaired) electrons. The number of carboxylic acids is 1. The molecule has 0 amide bonds. The van der Waals surface area contributed by atoms with Gasteiger partial charge in [-0.15, -0.1) is 0 Å². The molecular weight excluding hydrogens is 264 g/mol. The van der Waals surface area contributed by atoms with Crippen LogP contribution in [0.3, 0.4) is 0 Å². The zero-order valence-corrected chi connectivity index (χ0v) is 12.7. The molecule has 0 spiro atoms. The topological polar surface area (TPSA) is 57.5 Å². The van der Waals surface area contributed by atoms with Gasteiger partial charge in [-0.1, -0.05) is 75.2 Å². The summed E-state index contributed by atoms with van der Waals surface area (Å²) in [5.74, 6) is -1.11. The van der Waals surface area contributed by atoms with E-state index in [0.29, 0.717) is 6.42 Å². The Balaban J connectivity index is 0. The van der Waals surface area contributed by atoms with Crippen molar-refractivity contribution in [3.05, 3.63) is 79.1 Å². The first-order valence-corrected chi connectivity index (χ1v) is 6.47. The second-order valence-corrected chi connectivity index (χ2v) is 3.82. The van der Waals surface area contributed by atoms with E-state index in [9.17, 15) is 4.79 Å². The minimum Gasteiger partial charge on any atom is -0.512 e. The van der Waals surface area contributed by atoms with E-state index in [1.54, 1.807) is 19.1 Å². The van der Waals surface area contributed by atoms with Gasteiger partial charge in [0, 0.05) is 6.42 Å². The van der Waals surface area contributed by atoms with Crippen LogP contribution in [-0.4, -0.2) is 16.2 Å². The molecule has 0 heterocycles. The largest absolute Gasteiger partial charge is 0.512 e. The van der Waals surface area contributed by atoms with Crippen molar-refractivity contribution in [2.24, 2.45) is 0 Å². The van der Waals surface area contributed by atoms with E-state index in [1.165, 1.54) is 12.5 Å². The average Bonchev–Trinajstić information content (AvgIpc) is 2.54. The highest BCUT2D eigenvalue weighted by Crippen LogP contribution is 2.03. The van der Waals surface area contributed by atoms with Crippen molar-refractivity contribution in [3.63, 3.8) is 0 Å². The Labute approximate surface area is 127 Å². The standard InChI is InChI=1S/C8H8.C6H10O3.C4H6/c1-2-8-6-4-3-5-7-8;1-3-5(7)4(2)6(8)9;1-3-4-2/h2-7H,1H2;7H,3H2,1-2H3,(H,8,9);3-4H,1-2H2/b;5-4+;. The summed E-state index contributed by atoms with van der Waals surface area (Å²) in [6.45, 7) is 13.4. The van der Waals surface area contributed by atoms with Crippen molar-refractivity contribution in [3.8, 4) is 0 Å². The SMILES string of the molecule is C=CC=C.C=Cc1ccccc1.CC/C(O)=C(/C)C(=O)O. The van der Waals surface area contributed by atoms with Crippen LogP contribution in [0.15, 0.2) is 73.6 Å². The molecule has 21 heavy (non-hydrogen) atoms. The molecule has 1 aromatic rings. The van der Waals surface area contributed by atoms with E-state index in [0.717, 1.165) is 0 Å². The van der Waals surface area contributed by atoms with Crippen LogP contribution in [0, 0.1) is 0 Å². The Morgan fingerprint density at radius 2 is 1.57 bits per heavy atom. The molecule has 114 valence electrons. The number of carbonyl (C=O) groups is 1. The number of carboxylic acid groups (broad SMARTS) is 1. The predicted molar refractivity (Wildman–Crippen MR) is 90.2 cm³/mol. The van der Waals surface area contributed by atoms with E-state index >= 15 is 0 Å². The van der Waals surface area contributed by atoms with Gasteiger partial charge < -0.3 is 10.2 Å². The number of hydrogen-bond acceptors (Lipinski definition) is 2. The Kier molecular flexibility index (Phi) is 13.7. The van der Waals surface area contributed by atoms with Crippen molar-refractivity contribution in [1.82, 2.24) is 0 Å². The molecule has 0 saturated heterocycles. The molecule has 0 aliphatic rings. The van der Waals surface area contributed by atoms with Gasteiger partial charge in [0.15, 0.2) is 0 Å². The normalized spacial score (nSPS) is 9.62. The molecule has 0 aliphatic heterocycles. The van der Waals surface area contributed by atoms with E-state index in [2.05, 4.69) is 19.7 Å². The number of hydrogen-bond donors (Lipinski definition) is 2. The van der Waals surface area contributed by atoms with Crippen LogP contribution in [0.5, 0.6) is 0 Å². The van der Waals surface area contributed by atoms with Crippen molar-refractivity contribution in [1.29, 1.82) is 0 Å². The zero-order chi connectivity index (χ0) is 16.7. The third-order valence-corrected chi connectivity index (χ3v) is 2.29. The monoisotopic (exact) mass is 288 g/mol. The third-order valence-electron chi connectivity index (χ3n) is 2.29. The molecule has 1 rings (SSSR count). The van der Waals surface area contributed by atoms with Crippen molar-refractivity contribution < 1.29 is 15.0 Å². The van der Waals surface area contributed by atoms with Gasteiger partial charge in [-0.25, -0.2) is 4.79 Å². The van der Waals surface area contributed by atoms with Crippen LogP contribution in [0.25, 0.3) is 6.08 Å². The quantitative estimate of drug-likeness (QED) is 0.465. The van der Waals surface area contributed by atoms with Crippen LogP contribution < -0.4 is 0 Å². The minimum absolute atomic E-state index is 0.0255. The lowest BCUT2D eigenvalue weighted by atomic mass is 10.2. The summed E-state index contributed by atoms with van der Waals surface area (Å²) in [4.78, 5) is 10.1. The smallest absolute Gasteiger partial charge is 0.334 e. The first kappa shape index (κ1) is 20.8. The van der Waals surface area contributed by atoms with Gasteiger partial charge in [-0.05, 0) is 12.5 Å². The second-order valence-electron chi connectivity index (χ2n) is 3.82. The van der Waals surface area contributed by atoms with Gasteiger partial charge in [0.1, 0.15) is 5.76 Å². The van der Waals surface area contributed by atoms with Crippen LogP contribution in [0.1, 0.15) is 25.8 Å². The van der Waals surface area contributed by atoms with Gasteiger partial charge in [-0.2, -0.15) is 0 Å².